The van der Waals surface area contributed by atoms with E-state index >= 15 is 0 Å². The third kappa shape index (κ3) is 4.48. The number of nitrogens with zero attached hydrogens (tertiary/aromatic N) is 3. The lowest BCUT2D eigenvalue weighted by Gasteiger charge is -2.09. The van der Waals surface area contributed by atoms with Crippen LogP contribution in [0.15, 0.2) is 58.8 Å². The minimum absolute atomic E-state index is 0.0371. The zero-order valence-corrected chi connectivity index (χ0v) is 15.0. The molecule has 2 aromatic carbocycles. The van der Waals surface area contributed by atoms with Crippen LogP contribution in [0.1, 0.15) is 11.1 Å². The SMILES string of the molecule is Cn1c(SCC(=O)NN=Cc2ccccc2C(F)(F)F)nc2ccccc21. The molecule has 0 atom stereocenters. The summed E-state index contributed by atoms with van der Waals surface area (Å²) < 4.78 is 40.6. The number of hydrogen-bond donors (Lipinski definition) is 1. The van der Waals surface area contributed by atoms with Gasteiger partial charge in [-0.2, -0.15) is 18.3 Å². The van der Waals surface area contributed by atoms with Crippen LogP contribution in [0, 0.1) is 0 Å². The van der Waals surface area contributed by atoms with Crippen LogP contribution in [0.5, 0.6) is 0 Å². The van der Waals surface area contributed by atoms with Crippen LogP contribution in [0.3, 0.4) is 0 Å². The number of aryl methyl sites for hydroxylation is 1. The van der Waals surface area contributed by atoms with E-state index in [0.29, 0.717) is 5.16 Å². The number of nitrogens with one attached hydrogen (secondary N) is 1. The van der Waals surface area contributed by atoms with Crippen molar-refractivity contribution < 1.29 is 18.0 Å². The molecule has 3 rings (SSSR count). The van der Waals surface area contributed by atoms with Crippen LogP contribution in [0.4, 0.5) is 13.2 Å². The summed E-state index contributed by atoms with van der Waals surface area (Å²) in [5.41, 5.74) is 3.08. The molecule has 0 aliphatic heterocycles. The molecular weight excluding hydrogens is 377 g/mol. The number of carbonyl (C=O) groups excluding carboxylic acids is 1. The first kappa shape index (κ1) is 19.0. The third-order valence-electron chi connectivity index (χ3n) is 3.74. The highest BCUT2D eigenvalue weighted by molar-refractivity contribution is 7.99. The summed E-state index contributed by atoms with van der Waals surface area (Å²) in [5, 5.41) is 4.29. The van der Waals surface area contributed by atoms with Crippen molar-refractivity contribution in [1.29, 1.82) is 0 Å². The number of aromatic nitrogens is 2. The number of amides is 1. The van der Waals surface area contributed by atoms with E-state index in [1.807, 2.05) is 35.9 Å². The Morgan fingerprint density at radius 2 is 1.93 bits per heavy atom. The average Bonchev–Trinajstić information content (AvgIpc) is 2.96. The Labute approximate surface area is 157 Å². The van der Waals surface area contributed by atoms with Crippen molar-refractivity contribution in [3.63, 3.8) is 0 Å². The third-order valence-corrected chi connectivity index (χ3v) is 4.77. The van der Waals surface area contributed by atoms with Gasteiger partial charge in [0.05, 0.1) is 28.6 Å². The van der Waals surface area contributed by atoms with Crippen molar-refractivity contribution in [2.45, 2.75) is 11.3 Å². The highest BCUT2D eigenvalue weighted by Gasteiger charge is 2.32. The number of thioether (sulfide) groups is 1. The molecule has 1 aromatic heterocycles. The first-order valence-electron chi connectivity index (χ1n) is 7.88. The molecule has 0 aliphatic carbocycles. The number of alkyl halides is 3. The normalized spacial score (nSPS) is 12.0. The fourth-order valence-corrected chi connectivity index (χ4v) is 3.24. The number of rotatable bonds is 5. The van der Waals surface area contributed by atoms with Gasteiger partial charge in [0.2, 0.25) is 0 Å². The van der Waals surface area contributed by atoms with Gasteiger partial charge in [0.1, 0.15) is 0 Å². The molecule has 9 heteroatoms. The molecule has 1 amide bonds. The quantitative estimate of drug-likeness (QED) is 0.408. The molecule has 27 heavy (non-hydrogen) atoms. The predicted octanol–water partition coefficient (Wildman–Crippen LogP) is 3.83. The molecule has 140 valence electrons. The number of imidazole rings is 1. The number of benzene rings is 2. The summed E-state index contributed by atoms with van der Waals surface area (Å²) in [7, 11) is 1.85. The summed E-state index contributed by atoms with van der Waals surface area (Å²) >= 11 is 1.22. The van der Waals surface area contributed by atoms with Gasteiger partial charge < -0.3 is 4.57 Å². The van der Waals surface area contributed by atoms with E-state index in [4.69, 9.17) is 0 Å². The maximum atomic E-state index is 12.9. The highest BCUT2D eigenvalue weighted by Crippen LogP contribution is 2.31. The van der Waals surface area contributed by atoms with E-state index in [1.165, 1.54) is 30.0 Å². The fraction of sp³-hybridized carbons (Fsp3) is 0.167. The molecule has 0 spiro atoms. The topological polar surface area (TPSA) is 59.3 Å². The molecule has 0 fully saturated rings. The highest BCUT2D eigenvalue weighted by atomic mass is 32.2. The van der Waals surface area contributed by atoms with Crippen LogP contribution in [-0.2, 0) is 18.0 Å². The Kier molecular flexibility index (Phi) is 5.50. The van der Waals surface area contributed by atoms with E-state index < -0.39 is 17.6 Å². The molecule has 5 nitrogen and oxygen atoms in total. The zero-order valence-electron chi connectivity index (χ0n) is 14.2. The second-order valence-corrected chi connectivity index (χ2v) is 6.55. The van der Waals surface area contributed by atoms with Gasteiger partial charge in [-0.05, 0) is 18.2 Å². The Morgan fingerprint density at radius 1 is 1.22 bits per heavy atom. The smallest absolute Gasteiger partial charge is 0.322 e. The lowest BCUT2D eigenvalue weighted by Crippen LogP contribution is -2.20. The molecule has 1 heterocycles. The van der Waals surface area contributed by atoms with Crippen molar-refractivity contribution in [2.75, 3.05) is 5.75 Å². The molecule has 1 N–H and O–H groups in total. The lowest BCUT2D eigenvalue weighted by atomic mass is 10.1. The predicted molar refractivity (Wildman–Crippen MR) is 98.6 cm³/mol. The van der Waals surface area contributed by atoms with E-state index in [-0.39, 0.29) is 11.3 Å². The van der Waals surface area contributed by atoms with Crippen molar-refractivity contribution in [2.24, 2.45) is 12.1 Å². The minimum Gasteiger partial charge on any atom is -0.322 e. The molecule has 0 saturated heterocycles. The second-order valence-electron chi connectivity index (χ2n) is 5.61. The first-order chi connectivity index (χ1) is 12.9. The number of fused-ring (bicyclic) bond motifs is 1. The molecule has 0 radical (unpaired) electrons. The van der Waals surface area contributed by atoms with Gasteiger partial charge in [-0.1, -0.05) is 42.1 Å². The summed E-state index contributed by atoms with van der Waals surface area (Å²) in [6.07, 6.45) is -3.50. The molecule has 0 unspecified atom stereocenters. The summed E-state index contributed by atoms with van der Waals surface area (Å²) in [4.78, 5) is 16.3. The largest absolute Gasteiger partial charge is 0.417 e. The second kappa shape index (κ2) is 7.83. The molecular formula is C18H15F3N4OS. The zero-order chi connectivity index (χ0) is 19.4. The number of halogens is 3. The Balaban J connectivity index is 1.60. The van der Waals surface area contributed by atoms with Crippen LogP contribution in [-0.4, -0.2) is 27.4 Å². The van der Waals surface area contributed by atoms with Gasteiger partial charge in [0.15, 0.2) is 5.16 Å². The van der Waals surface area contributed by atoms with Crippen molar-refractivity contribution in [1.82, 2.24) is 15.0 Å². The maximum Gasteiger partial charge on any atom is 0.417 e. The summed E-state index contributed by atoms with van der Waals surface area (Å²) in [5.74, 6) is -0.400. The van der Waals surface area contributed by atoms with Gasteiger partial charge in [-0.15, -0.1) is 0 Å². The van der Waals surface area contributed by atoms with E-state index in [0.717, 1.165) is 23.3 Å². The Hall–Kier alpha value is -2.81. The number of hydrogen-bond acceptors (Lipinski definition) is 4. The first-order valence-corrected chi connectivity index (χ1v) is 8.87. The fourth-order valence-electron chi connectivity index (χ4n) is 2.46. The van der Waals surface area contributed by atoms with Crippen molar-refractivity contribution >= 4 is 34.9 Å². The van der Waals surface area contributed by atoms with E-state index in [2.05, 4.69) is 15.5 Å². The Bertz CT molecular complexity index is 998. The standard InChI is InChI=1S/C18H15F3N4OS/c1-25-15-9-5-4-8-14(15)23-17(25)27-11-16(26)24-22-10-12-6-2-3-7-13(12)18(19,20)21/h2-10H,11H2,1H3,(H,24,26). The Morgan fingerprint density at radius 3 is 2.67 bits per heavy atom. The molecule has 0 bridgehead atoms. The van der Waals surface area contributed by atoms with Crippen molar-refractivity contribution in [3.05, 3.63) is 59.7 Å². The molecule has 0 saturated carbocycles. The number of para-hydroxylation sites is 2. The molecule has 0 aliphatic rings. The van der Waals surface area contributed by atoms with Crippen LogP contribution >= 0.6 is 11.8 Å². The van der Waals surface area contributed by atoms with Gasteiger partial charge in [-0.25, -0.2) is 10.4 Å². The maximum absolute atomic E-state index is 12.9. The lowest BCUT2D eigenvalue weighted by molar-refractivity contribution is -0.137. The van der Waals surface area contributed by atoms with Gasteiger partial charge in [-0.3, -0.25) is 4.79 Å². The van der Waals surface area contributed by atoms with E-state index in [9.17, 15) is 18.0 Å². The van der Waals surface area contributed by atoms with Crippen LogP contribution in [0.2, 0.25) is 0 Å². The van der Waals surface area contributed by atoms with E-state index in [1.54, 1.807) is 0 Å². The number of hydrazone groups is 1. The average molecular weight is 392 g/mol. The minimum atomic E-state index is -4.48. The van der Waals surface area contributed by atoms with Gasteiger partial charge in [0, 0.05) is 12.6 Å². The monoisotopic (exact) mass is 392 g/mol. The van der Waals surface area contributed by atoms with Crippen LogP contribution < -0.4 is 5.43 Å². The van der Waals surface area contributed by atoms with Crippen molar-refractivity contribution in [3.8, 4) is 0 Å². The summed E-state index contributed by atoms with van der Waals surface area (Å²) in [6, 6.07) is 12.6. The summed E-state index contributed by atoms with van der Waals surface area (Å²) in [6.45, 7) is 0. The molecule has 3 aromatic rings. The van der Waals surface area contributed by atoms with Crippen LogP contribution in [0.25, 0.3) is 11.0 Å². The number of carbonyl (C=O) groups is 1. The van der Waals surface area contributed by atoms with Gasteiger partial charge in [0.25, 0.3) is 5.91 Å². The van der Waals surface area contributed by atoms with Gasteiger partial charge >= 0.3 is 6.18 Å².